The standard InChI is InChI=1S/C13H22N4O4/c1-4-17-9-10(14)12(15-17)13(19)16(7-8-20-2)6-5-11(18)21-3/h9H,4-8,14H2,1-3H3. The zero-order valence-electron chi connectivity index (χ0n) is 12.7. The van der Waals surface area contributed by atoms with Crippen LogP contribution in [0, 0.1) is 0 Å². The predicted molar refractivity (Wildman–Crippen MR) is 76.7 cm³/mol. The SMILES string of the molecule is CCn1cc(N)c(C(=O)N(CCOC)CCC(=O)OC)n1. The molecule has 0 aliphatic heterocycles. The number of hydrogen-bond donors (Lipinski definition) is 1. The van der Waals surface area contributed by atoms with Crippen LogP contribution in [0.1, 0.15) is 23.8 Å². The van der Waals surface area contributed by atoms with Crippen LogP contribution in [0.2, 0.25) is 0 Å². The van der Waals surface area contributed by atoms with Crippen LogP contribution in [0.5, 0.6) is 0 Å². The van der Waals surface area contributed by atoms with Crippen LogP contribution in [-0.4, -0.2) is 60.5 Å². The monoisotopic (exact) mass is 298 g/mol. The number of esters is 1. The van der Waals surface area contributed by atoms with Gasteiger partial charge in [0.15, 0.2) is 5.69 Å². The zero-order chi connectivity index (χ0) is 15.8. The number of nitrogens with two attached hydrogens (primary N) is 1. The molecule has 0 saturated carbocycles. The third-order valence-electron chi connectivity index (χ3n) is 2.98. The second-order valence-corrected chi connectivity index (χ2v) is 4.40. The maximum atomic E-state index is 12.5. The molecule has 0 saturated heterocycles. The van der Waals surface area contributed by atoms with Crippen molar-refractivity contribution < 1.29 is 19.1 Å². The Balaban J connectivity index is 2.82. The van der Waals surface area contributed by atoms with Crippen LogP contribution in [0.4, 0.5) is 5.69 Å². The molecule has 0 atom stereocenters. The van der Waals surface area contributed by atoms with Crippen LogP contribution in [-0.2, 0) is 20.8 Å². The third kappa shape index (κ3) is 4.75. The number of carbonyl (C=O) groups is 2. The van der Waals surface area contributed by atoms with E-state index in [0.717, 1.165) is 0 Å². The third-order valence-corrected chi connectivity index (χ3v) is 2.98. The fourth-order valence-corrected chi connectivity index (χ4v) is 1.76. The minimum absolute atomic E-state index is 0.111. The average molecular weight is 298 g/mol. The Morgan fingerprint density at radius 2 is 2.10 bits per heavy atom. The molecule has 21 heavy (non-hydrogen) atoms. The zero-order valence-corrected chi connectivity index (χ0v) is 12.7. The Morgan fingerprint density at radius 3 is 2.62 bits per heavy atom. The van der Waals surface area contributed by atoms with E-state index >= 15 is 0 Å². The number of aromatic nitrogens is 2. The Labute approximate surface area is 123 Å². The summed E-state index contributed by atoms with van der Waals surface area (Å²) in [6.07, 6.45) is 1.72. The summed E-state index contributed by atoms with van der Waals surface area (Å²) in [5.74, 6) is -0.696. The van der Waals surface area contributed by atoms with E-state index < -0.39 is 0 Å². The Hall–Kier alpha value is -2.09. The quantitative estimate of drug-likeness (QED) is 0.685. The highest BCUT2D eigenvalue weighted by molar-refractivity contribution is 5.97. The molecular formula is C13H22N4O4. The number of anilines is 1. The summed E-state index contributed by atoms with van der Waals surface area (Å²) in [6, 6.07) is 0. The van der Waals surface area contributed by atoms with Crippen molar-refractivity contribution in [2.24, 2.45) is 0 Å². The van der Waals surface area contributed by atoms with Crippen molar-refractivity contribution in [2.45, 2.75) is 19.9 Å². The molecule has 0 unspecified atom stereocenters. The molecule has 0 aliphatic carbocycles. The molecule has 1 rings (SSSR count). The summed E-state index contributed by atoms with van der Waals surface area (Å²) >= 11 is 0. The van der Waals surface area contributed by atoms with E-state index in [4.69, 9.17) is 10.5 Å². The van der Waals surface area contributed by atoms with E-state index in [2.05, 4.69) is 9.84 Å². The molecule has 8 heteroatoms. The Kier molecular flexibility index (Phi) is 6.67. The summed E-state index contributed by atoms with van der Waals surface area (Å²) in [5, 5.41) is 4.15. The molecule has 1 aromatic rings. The van der Waals surface area contributed by atoms with E-state index in [1.807, 2.05) is 6.92 Å². The van der Waals surface area contributed by atoms with Crippen LogP contribution >= 0.6 is 0 Å². The molecule has 1 amide bonds. The first-order chi connectivity index (χ1) is 10.0. The highest BCUT2D eigenvalue weighted by atomic mass is 16.5. The van der Waals surface area contributed by atoms with Gasteiger partial charge in [-0.05, 0) is 6.92 Å². The molecule has 0 fully saturated rings. The van der Waals surface area contributed by atoms with Crippen LogP contribution in [0.15, 0.2) is 6.20 Å². The van der Waals surface area contributed by atoms with Crippen molar-refractivity contribution in [2.75, 3.05) is 39.6 Å². The number of carbonyl (C=O) groups excluding carboxylic acids is 2. The second-order valence-electron chi connectivity index (χ2n) is 4.40. The lowest BCUT2D eigenvalue weighted by molar-refractivity contribution is -0.140. The number of amides is 1. The van der Waals surface area contributed by atoms with Crippen LogP contribution in [0.3, 0.4) is 0 Å². The number of nitrogens with zero attached hydrogens (tertiary/aromatic N) is 3. The Morgan fingerprint density at radius 1 is 1.38 bits per heavy atom. The molecule has 1 heterocycles. The summed E-state index contributed by atoms with van der Waals surface area (Å²) in [4.78, 5) is 25.2. The number of nitrogen functional groups attached to an aromatic ring is 1. The summed E-state index contributed by atoms with van der Waals surface area (Å²) in [6.45, 7) is 3.47. The van der Waals surface area contributed by atoms with Crippen LogP contribution < -0.4 is 5.73 Å². The smallest absolute Gasteiger partial charge is 0.307 e. The molecule has 0 aromatic carbocycles. The van der Waals surface area contributed by atoms with E-state index in [9.17, 15) is 9.59 Å². The van der Waals surface area contributed by atoms with Gasteiger partial charge in [-0.25, -0.2) is 0 Å². The van der Waals surface area contributed by atoms with E-state index in [-0.39, 0.29) is 30.5 Å². The molecule has 0 spiro atoms. The largest absolute Gasteiger partial charge is 0.469 e. The molecule has 8 nitrogen and oxygen atoms in total. The lowest BCUT2D eigenvalue weighted by atomic mass is 10.3. The molecule has 0 radical (unpaired) electrons. The van der Waals surface area contributed by atoms with Crippen molar-refractivity contribution in [3.05, 3.63) is 11.9 Å². The van der Waals surface area contributed by atoms with Gasteiger partial charge < -0.3 is 20.1 Å². The first-order valence-electron chi connectivity index (χ1n) is 6.71. The predicted octanol–water partition coefficient (Wildman–Crippen LogP) is 0.137. The summed E-state index contributed by atoms with van der Waals surface area (Å²) in [5.41, 5.74) is 6.33. The van der Waals surface area contributed by atoms with E-state index in [0.29, 0.717) is 25.4 Å². The molecular weight excluding hydrogens is 276 g/mol. The normalized spacial score (nSPS) is 10.4. The number of aryl methyl sites for hydroxylation is 1. The van der Waals surface area contributed by atoms with Gasteiger partial charge in [0.1, 0.15) is 0 Å². The molecule has 0 bridgehead atoms. The van der Waals surface area contributed by atoms with Gasteiger partial charge in [0.2, 0.25) is 0 Å². The first-order valence-corrected chi connectivity index (χ1v) is 6.71. The van der Waals surface area contributed by atoms with Gasteiger partial charge in [0.05, 0.1) is 25.8 Å². The minimum atomic E-state index is -0.378. The van der Waals surface area contributed by atoms with Crippen LogP contribution in [0.25, 0.3) is 0 Å². The van der Waals surface area contributed by atoms with Crippen molar-refractivity contribution >= 4 is 17.6 Å². The van der Waals surface area contributed by atoms with Gasteiger partial charge in [-0.15, -0.1) is 0 Å². The maximum absolute atomic E-state index is 12.5. The lowest BCUT2D eigenvalue weighted by Gasteiger charge is -2.21. The number of rotatable bonds is 8. The van der Waals surface area contributed by atoms with Gasteiger partial charge in [-0.2, -0.15) is 5.10 Å². The summed E-state index contributed by atoms with van der Waals surface area (Å²) in [7, 11) is 2.85. The second kappa shape index (κ2) is 8.25. The highest BCUT2D eigenvalue weighted by Crippen LogP contribution is 2.12. The van der Waals surface area contributed by atoms with Gasteiger partial charge in [0, 0.05) is 32.9 Å². The van der Waals surface area contributed by atoms with Gasteiger partial charge in [0.25, 0.3) is 5.91 Å². The molecule has 0 aliphatic rings. The highest BCUT2D eigenvalue weighted by Gasteiger charge is 2.22. The first kappa shape index (κ1) is 17.0. The average Bonchev–Trinajstić information content (AvgIpc) is 2.87. The van der Waals surface area contributed by atoms with Gasteiger partial charge >= 0.3 is 5.97 Å². The molecule has 2 N–H and O–H groups in total. The number of methoxy groups -OCH3 is 2. The lowest BCUT2D eigenvalue weighted by Crippen LogP contribution is -2.36. The van der Waals surface area contributed by atoms with Gasteiger partial charge in [-0.3, -0.25) is 14.3 Å². The summed E-state index contributed by atoms with van der Waals surface area (Å²) < 4.78 is 11.2. The van der Waals surface area contributed by atoms with Gasteiger partial charge in [-0.1, -0.05) is 0 Å². The minimum Gasteiger partial charge on any atom is -0.469 e. The van der Waals surface area contributed by atoms with E-state index in [1.165, 1.54) is 12.0 Å². The van der Waals surface area contributed by atoms with Crippen molar-refractivity contribution in [3.63, 3.8) is 0 Å². The molecule has 1 aromatic heterocycles. The Bertz CT molecular complexity index is 487. The fraction of sp³-hybridized carbons (Fsp3) is 0.615. The number of hydrogen-bond acceptors (Lipinski definition) is 6. The maximum Gasteiger partial charge on any atom is 0.307 e. The van der Waals surface area contributed by atoms with Crippen molar-refractivity contribution in [3.8, 4) is 0 Å². The van der Waals surface area contributed by atoms with Crippen molar-refractivity contribution in [1.82, 2.24) is 14.7 Å². The number of ether oxygens (including phenoxy) is 2. The van der Waals surface area contributed by atoms with Crippen molar-refractivity contribution in [1.29, 1.82) is 0 Å². The topological polar surface area (TPSA) is 99.7 Å². The molecule has 118 valence electrons. The fourth-order valence-electron chi connectivity index (χ4n) is 1.76. The van der Waals surface area contributed by atoms with E-state index in [1.54, 1.807) is 18.0 Å².